The summed E-state index contributed by atoms with van der Waals surface area (Å²) >= 11 is 0. The summed E-state index contributed by atoms with van der Waals surface area (Å²) in [6.45, 7) is 4.25. The molecule has 0 saturated carbocycles. The van der Waals surface area contributed by atoms with Crippen LogP contribution < -0.4 is 9.64 Å². The van der Waals surface area contributed by atoms with Crippen molar-refractivity contribution in [2.24, 2.45) is 0 Å². The maximum atomic E-state index is 13.2. The summed E-state index contributed by atoms with van der Waals surface area (Å²) in [5.74, 6) is 0.732. The highest BCUT2D eigenvalue weighted by Crippen LogP contribution is 2.40. The molecule has 152 valence electrons. The molecule has 6 nitrogen and oxygen atoms in total. The molecule has 1 N–H and O–H groups in total. The molecule has 1 atom stereocenters. The summed E-state index contributed by atoms with van der Waals surface area (Å²) in [7, 11) is 1.39. The van der Waals surface area contributed by atoms with Gasteiger partial charge in [0.15, 0.2) is 12.6 Å². The molecule has 1 aromatic carbocycles. The van der Waals surface area contributed by atoms with Crippen LogP contribution in [0, 0.1) is 6.92 Å². The van der Waals surface area contributed by atoms with Crippen molar-refractivity contribution in [1.82, 2.24) is 10.2 Å². The molecule has 0 aliphatic carbocycles. The van der Waals surface area contributed by atoms with E-state index in [1.54, 1.807) is 13.8 Å². The first-order valence-electron chi connectivity index (χ1n) is 8.84. The van der Waals surface area contributed by atoms with Gasteiger partial charge in [0.25, 0.3) is 0 Å². The number of aliphatic hydroxyl groups is 1. The number of halogens is 3. The molecule has 1 aromatic heterocycles. The lowest BCUT2D eigenvalue weighted by Crippen LogP contribution is -2.29. The van der Waals surface area contributed by atoms with E-state index in [9.17, 15) is 18.3 Å². The van der Waals surface area contributed by atoms with Crippen LogP contribution in [0.5, 0.6) is 5.75 Å². The van der Waals surface area contributed by atoms with Crippen LogP contribution in [-0.4, -0.2) is 48.4 Å². The fourth-order valence-corrected chi connectivity index (χ4v) is 3.34. The quantitative estimate of drug-likeness (QED) is 0.755. The summed E-state index contributed by atoms with van der Waals surface area (Å²) in [6, 6.07) is 3.85. The predicted octanol–water partition coefficient (Wildman–Crippen LogP) is 3.20. The van der Waals surface area contributed by atoms with Gasteiger partial charge in [-0.3, -0.25) is 0 Å². The molecule has 9 heteroatoms. The molecule has 0 saturated heterocycles. The number of benzene rings is 1. The van der Waals surface area contributed by atoms with Crippen molar-refractivity contribution in [3.05, 3.63) is 34.9 Å². The number of hydrogen-bond acceptors (Lipinski definition) is 6. The Morgan fingerprint density at radius 1 is 1.25 bits per heavy atom. The first-order chi connectivity index (χ1) is 13.2. The molecular formula is C19H22F3N3O3. The number of anilines is 1. The van der Waals surface area contributed by atoms with E-state index in [4.69, 9.17) is 9.47 Å². The van der Waals surface area contributed by atoms with E-state index in [1.807, 2.05) is 11.0 Å². The molecule has 2 heterocycles. The fourth-order valence-electron chi connectivity index (χ4n) is 3.34. The van der Waals surface area contributed by atoms with Crippen molar-refractivity contribution >= 4 is 5.82 Å². The fraction of sp³-hybridized carbons (Fsp3) is 0.474. The summed E-state index contributed by atoms with van der Waals surface area (Å²) in [6.07, 6.45) is -4.27. The van der Waals surface area contributed by atoms with Gasteiger partial charge in [0.1, 0.15) is 5.75 Å². The minimum absolute atomic E-state index is 0.0438. The van der Waals surface area contributed by atoms with Gasteiger partial charge < -0.3 is 19.5 Å². The number of aryl methyl sites for hydroxylation is 1. The number of fused-ring (bicyclic) bond motifs is 1. The van der Waals surface area contributed by atoms with Gasteiger partial charge in [-0.05, 0) is 44.0 Å². The first kappa shape index (κ1) is 20.3. The normalized spacial score (nSPS) is 14.9. The zero-order valence-electron chi connectivity index (χ0n) is 15.9. The van der Waals surface area contributed by atoms with Gasteiger partial charge in [-0.25, -0.2) is 0 Å². The van der Waals surface area contributed by atoms with Crippen molar-refractivity contribution in [2.75, 3.05) is 31.9 Å². The highest BCUT2D eigenvalue weighted by Gasteiger charge is 2.33. The van der Waals surface area contributed by atoms with E-state index in [0.29, 0.717) is 35.7 Å². The second-order valence-electron chi connectivity index (χ2n) is 6.84. The van der Waals surface area contributed by atoms with Gasteiger partial charge in [0.05, 0.1) is 17.4 Å². The van der Waals surface area contributed by atoms with Crippen molar-refractivity contribution in [1.29, 1.82) is 0 Å². The number of hydrogen-bond donors (Lipinski definition) is 1. The molecule has 2 aromatic rings. The van der Waals surface area contributed by atoms with Crippen LogP contribution in [0.2, 0.25) is 0 Å². The Morgan fingerprint density at radius 3 is 2.64 bits per heavy atom. The van der Waals surface area contributed by atoms with Gasteiger partial charge in [-0.1, -0.05) is 0 Å². The lowest BCUT2D eigenvalue weighted by atomic mass is 9.99. The molecule has 28 heavy (non-hydrogen) atoms. The molecule has 0 amide bonds. The van der Waals surface area contributed by atoms with Crippen molar-refractivity contribution < 1.29 is 27.8 Å². The minimum Gasteiger partial charge on any atom is -0.467 e. The van der Waals surface area contributed by atoms with Crippen LogP contribution in [0.15, 0.2) is 18.2 Å². The van der Waals surface area contributed by atoms with E-state index in [0.717, 1.165) is 24.1 Å². The highest BCUT2D eigenvalue weighted by atomic mass is 19.4. The number of aromatic nitrogens is 2. The third-order valence-corrected chi connectivity index (χ3v) is 4.50. The SMILES string of the molecule is COCOc1cc(C(F)(F)F)cc(C)c1-c1cc2c(nn1)N(C[C@H](C)O)CC2. The van der Waals surface area contributed by atoms with Gasteiger partial charge >= 0.3 is 6.18 Å². The molecule has 0 unspecified atom stereocenters. The van der Waals surface area contributed by atoms with Crippen molar-refractivity contribution in [2.45, 2.75) is 32.5 Å². The maximum absolute atomic E-state index is 13.2. The summed E-state index contributed by atoms with van der Waals surface area (Å²) < 4.78 is 49.8. The van der Waals surface area contributed by atoms with E-state index < -0.39 is 17.8 Å². The van der Waals surface area contributed by atoms with E-state index >= 15 is 0 Å². The average Bonchev–Trinajstić information content (AvgIpc) is 3.00. The van der Waals surface area contributed by atoms with E-state index in [1.165, 1.54) is 7.11 Å². The van der Waals surface area contributed by atoms with Crippen molar-refractivity contribution in [3.63, 3.8) is 0 Å². The number of β-amino-alcohol motifs (C(OH)–C–C–N with tert-alkyl or cyclic N) is 1. The lowest BCUT2D eigenvalue weighted by Gasteiger charge is -2.20. The summed E-state index contributed by atoms with van der Waals surface area (Å²) in [5.41, 5.74) is 1.41. The Morgan fingerprint density at radius 2 is 2.00 bits per heavy atom. The topological polar surface area (TPSA) is 67.7 Å². The van der Waals surface area contributed by atoms with Gasteiger partial charge in [0.2, 0.25) is 0 Å². The number of rotatable bonds is 6. The molecule has 1 aliphatic rings. The Labute approximate surface area is 160 Å². The Kier molecular flexibility index (Phi) is 5.76. The zero-order valence-corrected chi connectivity index (χ0v) is 15.9. The van der Waals surface area contributed by atoms with Gasteiger partial charge in [-0.2, -0.15) is 13.2 Å². The van der Waals surface area contributed by atoms with Crippen LogP contribution in [0.25, 0.3) is 11.3 Å². The maximum Gasteiger partial charge on any atom is 0.416 e. The Bertz CT molecular complexity index is 856. The molecule has 0 fully saturated rings. The molecule has 0 spiro atoms. The number of alkyl halides is 3. The Hall–Kier alpha value is -2.39. The molecule has 1 aliphatic heterocycles. The summed E-state index contributed by atoms with van der Waals surface area (Å²) in [5, 5.41) is 18.1. The largest absolute Gasteiger partial charge is 0.467 e. The number of aliphatic hydroxyl groups excluding tert-OH is 1. The minimum atomic E-state index is -4.49. The third-order valence-electron chi connectivity index (χ3n) is 4.50. The molecule has 3 rings (SSSR count). The monoisotopic (exact) mass is 397 g/mol. The van der Waals surface area contributed by atoms with Gasteiger partial charge in [0, 0.05) is 31.3 Å². The van der Waals surface area contributed by atoms with E-state index in [-0.39, 0.29) is 12.5 Å². The van der Waals surface area contributed by atoms with Crippen LogP contribution in [0.1, 0.15) is 23.6 Å². The predicted molar refractivity (Wildman–Crippen MR) is 97.3 cm³/mol. The van der Waals surface area contributed by atoms with Crippen LogP contribution in [0.3, 0.4) is 0 Å². The Balaban J connectivity index is 2.03. The smallest absolute Gasteiger partial charge is 0.416 e. The van der Waals surface area contributed by atoms with Crippen LogP contribution >= 0.6 is 0 Å². The second-order valence-corrected chi connectivity index (χ2v) is 6.84. The van der Waals surface area contributed by atoms with Crippen LogP contribution in [-0.2, 0) is 17.3 Å². The number of nitrogens with zero attached hydrogens (tertiary/aromatic N) is 3. The van der Waals surface area contributed by atoms with E-state index in [2.05, 4.69) is 10.2 Å². The molecule has 0 radical (unpaired) electrons. The third kappa shape index (κ3) is 4.20. The van der Waals surface area contributed by atoms with Crippen molar-refractivity contribution in [3.8, 4) is 17.0 Å². The second kappa shape index (κ2) is 7.92. The average molecular weight is 397 g/mol. The lowest BCUT2D eigenvalue weighted by molar-refractivity contribution is -0.137. The highest BCUT2D eigenvalue weighted by molar-refractivity contribution is 5.73. The first-order valence-corrected chi connectivity index (χ1v) is 8.84. The standard InChI is InChI=1S/C19H22F3N3O3/c1-11-6-14(19(20,21)22)8-16(28-10-27-3)17(11)15-7-13-4-5-25(9-12(2)26)18(13)24-23-15/h6-8,12,26H,4-5,9-10H2,1-3H3/t12-/m0/s1. The number of methoxy groups -OCH3 is 1. The number of ether oxygens (including phenoxy) is 2. The summed E-state index contributed by atoms with van der Waals surface area (Å²) in [4.78, 5) is 1.94. The molecule has 0 bridgehead atoms. The van der Waals surface area contributed by atoms with Crippen LogP contribution in [0.4, 0.5) is 19.0 Å². The zero-order chi connectivity index (χ0) is 20.5. The van der Waals surface area contributed by atoms with Gasteiger partial charge in [-0.15, -0.1) is 10.2 Å². The molecular weight excluding hydrogens is 375 g/mol.